The second kappa shape index (κ2) is 9.18. The van der Waals surface area contributed by atoms with Crippen LogP contribution in [0.3, 0.4) is 0 Å². The first-order valence-corrected chi connectivity index (χ1v) is 12.5. The standard InChI is InChI=1S/C23H28ClN3O3S/c1-18-7-8-20(24)17-22(18)25-13-15-26(16-14-25)23(28)19-9-11-27(12-10-19)31(29,30)21-5-3-2-4-6-21/h2-8,17,19H,9-16H2,1H3. The fourth-order valence-electron chi connectivity index (χ4n) is 4.43. The number of piperazine rings is 1. The Bertz CT molecular complexity index is 1030. The highest BCUT2D eigenvalue weighted by Gasteiger charge is 2.34. The summed E-state index contributed by atoms with van der Waals surface area (Å²) in [6.07, 6.45) is 1.14. The van der Waals surface area contributed by atoms with E-state index in [1.165, 1.54) is 9.87 Å². The van der Waals surface area contributed by atoms with Gasteiger partial charge in [0.25, 0.3) is 0 Å². The fraction of sp³-hybridized carbons (Fsp3) is 0.435. The predicted molar refractivity (Wildman–Crippen MR) is 123 cm³/mol. The Labute approximate surface area is 189 Å². The Kier molecular flexibility index (Phi) is 6.55. The molecule has 0 atom stereocenters. The number of halogens is 1. The number of carbonyl (C=O) groups excluding carboxylic acids is 1. The highest BCUT2D eigenvalue weighted by molar-refractivity contribution is 7.89. The highest BCUT2D eigenvalue weighted by atomic mass is 35.5. The molecule has 2 saturated heterocycles. The first-order valence-electron chi connectivity index (χ1n) is 10.7. The van der Waals surface area contributed by atoms with Gasteiger partial charge in [0.2, 0.25) is 15.9 Å². The van der Waals surface area contributed by atoms with Crippen molar-refractivity contribution in [1.29, 1.82) is 0 Å². The number of carbonyl (C=O) groups is 1. The third kappa shape index (κ3) is 4.73. The van der Waals surface area contributed by atoms with Gasteiger partial charge in [0.1, 0.15) is 0 Å². The van der Waals surface area contributed by atoms with E-state index in [0.29, 0.717) is 43.9 Å². The summed E-state index contributed by atoms with van der Waals surface area (Å²) in [5.41, 5.74) is 2.30. The van der Waals surface area contributed by atoms with Gasteiger partial charge in [-0.1, -0.05) is 35.9 Å². The van der Waals surface area contributed by atoms with Crippen LogP contribution in [-0.2, 0) is 14.8 Å². The van der Waals surface area contributed by atoms with E-state index in [2.05, 4.69) is 11.8 Å². The van der Waals surface area contributed by atoms with Gasteiger partial charge in [-0.15, -0.1) is 0 Å². The van der Waals surface area contributed by atoms with Crippen molar-refractivity contribution < 1.29 is 13.2 Å². The summed E-state index contributed by atoms with van der Waals surface area (Å²) in [7, 11) is -3.49. The fourth-order valence-corrected chi connectivity index (χ4v) is 6.09. The molecule has 0 saturated carbocycles. The maximum Gasteiger partial charge on any atom is 0.243 e. The van der Waals surface area contributed by atoms with Gasteiger partial charge in [-0.3, -0.25) is 4.79 Å². The minimum Gasteiger partial charge on any atom is -0.368 e. The third-order valence-electron chi connectivity index (χ3n) is 6.29. The Morgan fingerprint density at radius 1 is 0.935 bits per heavy atom. The average molecular weight is 462 g/mol. The van der Waals surface area contributed by atoms with Crippen molar-refractivity contribution in [2.24, 2.45) is 5.92 Å². The molecule has 31 heavy (non-hydrogen) atoms. The molecule has 2 fully saturated rings. The normalized spacial score (nSPS) is 18.9. The molecule has 0 bridgehead atoms. The quantitative estimate of drug-likeness (QED) is 0.700. The first-order chi connectivity index (χ1) is 14.9. The number of nitrogens with zero attached hydrogens (tertiary/aromatic N) is 3. The lowest BCUT2D eigenvalue weighted by atomic mass is 9.96. The van der Waals surface area contributed by atoms with Gasteiger partial charge in [-0.25, -0.2) is 8.42 Å². The summed E-state index contributed by atoms with van der Waals surface area (Å²) in [4.78, 5) is 17.6. The highest BCUT2D eigenvalue weighted by Crippen LogP contribution is 2.28. The SMILES string of the molecule is Cc1ccc(Cl)cc1N1CCN(C(=O)C2CCN(S(=O)(=O)c3ccccc3)CC2)CC1. The van der Waals surface area contributed by atoms with Crippen LogP contribution in [0.25, 0.3) is 0 Å². The van der Waals surface area contributed by atoms with E-state index < -0.39 is 10.0 Å². The van der Waals surface area contributed by atoms with Crippen molar-refractivity contribution in [3.63, 3.8) is 0 Å². The summed E-state index contributed by atoms with van der Waals surface area (Å²) >= 11 is 6.16. The summed E-state index contributed by atoms with van der Waals surface area (Å²) in [6, 6.07) is 14.4. The molecule has 0 aliphatic carbocycles. The molecule has 1 amide bonds. The van der Waals surface area contributed by atoms with Crippen LogP contribution >= 0.6 is 11.6 Å². The average Bonchev–Trinajstić information content (AvgIpc) is 2.81. The lowest BCUT2D eigenvalue weighted by Crippen LogP contribution is -2.52. The molecule has 2 aromatic rings. The maximum atomic E-state index is 13.1. The minimum atomic E-state index is -3.49. The summed E-state index contributed by atoms with van der Waals surface area (Å²) in [5, 5.41) is 0.719. The smallest absolute Gasteiger partial charge is 0.243 e. The lowest BCUT2D eigenvalue weighted by Gasteiger charge is -2.39. The van der Waals surface area contributed by atoms with Crippen LogP contribution < -0.4 is 4.90 Å². The van der Waals surface area contributed by atoms with Crippen LogP contribution in [0.5, 0.6) is 0 Å². The zero-order valence-electron chi connectivity index (χ0n) is 17.7. The van der Waals surface area contributed by atoms with E-state index in [1.54, 1.807) is 30.3 Å². The summed E-state index contributed by atoms with van der Waals surface area (Å²) in [5.74, 6) is 0.0425. The molecule has 166 valence electrons. The van der Waals surface area contributed by atoms with E-state index in [-0.39, 0.29) is 11.8 Å². The van der Waals surface area contributed by atoms with Crippen molar-refractivity contribution in [3.05, 3.63) is 59.1 Å². The minimum absolute atomic E-state index is 0.110. The Morgan fingerprint density at radius 2 is 1.58 bits per heavy atom. The molecule has 8 heteroatoms. The molecule has 0 aromatic heterocycles. The molecule has 0 spiro atoms. The van der Waals surface area contributed by atoms with E-state index in [9.17, 15) is 13.2 Å². The molecule has 2 heterocycles. The van der Waals surface area contributed by atoms with Crippen molar-refractivity contribution in [1.82, 2.24) is 9.21 Å². The number of anilines is 1. The Morgan fingerprint density at radius 3 is 2.23 bits per heavy atom. The van der Waals surface area contributed by atoms with Gasteiger partial charge in [-0.2, -0.15) is 4.31 Å². The third-order valence-corrected chi connectivity index (χ3v) is 8.44. The van der Waals surface area contributed by atoms with Gasteiger partial charge >= 0.3 is 0 Å². The first kappa shape index (κ1) is 22.1. The molecule has 2 aromatic carbocycles. The number of piperidine rings is 1. The number of amides is 1. The lowest BCUT2D eigenvalue weighted by molar-refractivity contribution is -0.137. The van der Waals surface area contributed by atoms with Crippen LogP contribution in [0.4, 0.5) is 5.69 Å². The van der Waals surface area contributed by atoms with Gasteiger partial charge in [0, 0.05) is 55.9 Å². The van der Waals surface area contributed by atoms with Crippen LogP contribution in [0.1, 0.15) is 18.4 Å². The zero-order valence-corrected chi connectivity index (χ0v) is 19.3. The van der Waals surface area contributed by atoms with E-state index >= 15 is 0 Å². The second-order valence-electron chi connectivity index (χ2n) is 8.23. The zero-order chi connectivity index (χ0) is 22.0. The van der Waals surface area contributed by atoms with E-state index in [1.807, 2.05) is 23.1 Å². The monoisotopic (exact) mass is 461 g/mol. The number of rotatable bonds is 4. The van der Waals surface area contributed by atoms with Crippen molar-refractivity contribution in [2.45, 2.75) is 24.7 Å². The van der Waals surface area contributed by atoms with Crippen LogP contribution in [0.15, 0.2) is 53.4 Å². The second-order valence-corrected chi connectivity index (χ2v) is 10.6. The topological polar surface area (TPSA) is 60.9 Å². The molecule has 6 nitrogen and oxygen atoms in total. The number of aryl methyl sites for hydroxylation is 1. The molecular formula is C23H28ClN3O3S. The molecule has 0 radical (unpaired) electrons. The van der Waals surface area contributed by atoms with Crippen molar-refractivity contribution in [3.8, 4) is 0 Å². The Hall–Kier alpha value is -2.09. The van der Waals surface area contributed by atoms with Crippen LogP contribution in [0.2, 0.25) is 5.02 Å². The van der Waals surface area contributed by atoms with Gasteiger partial charge < -0.3 is 9.80 Å². The van der Waals surface area contributed by atoms with E-state index in [0.717, 1.165) is 23.8 Å². The number of sulfonamides is 1. The summed E-state index contributed by atoms with van der Waals surface area (Å²) in [6.45, 7) is 5.73. The van der Waals surface area contributed by atoms with Gasteiger partial charge in [0.05, 0.1) is 4.90 Å². The molecule has 0 unspecified atom stereocenters. The van der Waals surface area contributed by atoms with E-state index in [4.69, 9.17) is 11.6 Å². The summed E-state index contributed by atoms with van der Waals surface area (Å²) < 4.78 is 27.1. The number of benzene rings is 2. The maximum absolute atomic E-state index is 13.1. The van der Waals surface area contributed by atoms with Gasteiger partial charge in [-0.05, 0) is 49.6 Å². The van der Waals surface area contributed by atoms with Crippen LogP contribution in [0, 0.1) is 12.8 Å². The molecule has 0 N–H and O–H groups in total. The van der Waals surface area contributed by atoms with Crippen molar-refractivity contribution in [2.75, 3.05) is 44.2 Å². The number of hydrogen-bond donors (Lipinski definition) is 0. The predicted octanol–water partition coefficient (Wildman–Crippen LogP) is 3.40. The number of hydrogen-bond acceptors (Lipinski definition) is 4. The molecule has 4 rings (SSSR count). The molecular weight excluding hydrogens is 434 g/mol. The Balaban J connectivity index is 1.32. The largest absolute Gasteiger partial charge is 0.368 e. The van der Waals surface area contributed by atoms with Gasteiger partial charge in [0.15, 0.2) is 0 Å². The van der Waals surface area contributed by atoms with Crippen molar-refractivity contribution >= 4 is 33.2 Å². The molecule has 2 aliphatic rings. The molecule has 2 aliphatic heterocycles. The van der Waals surface area contributed by atoms with Crippen LogP contribution in [-0.4, -0.2) is 62.8 Å².